The number of carbonyl (C=O) groups is 1. The van der Waals surface area contributed by atoms with Gasteiger partial charge >= 0.3 is 5.97 Å². The Balaban J connectivity index is 2.22. The maximum atomic E-state index is 12.2. The number of ether oxygens (including phenoxy) is 1. The molecule has 0 aliphatic heterocycles. The summed E-state index contributed by atoms with van der Waals surface area (Å²) >= 11 is 1.40. The quantitative estimate of drug-likeness (QED) is 0.454. The summed E-state index contributed by atoms with van der Waals surface area (Å²) in [5.41, 5.74) is 1.25. The van der Waals surface area contributed by atoms with Crippen molar-refractivity contribution in [2.24, 2.45) is 0 Å². The van der Waals surface area contributed by atoms with Crippen LogP contribution in [-0.4, -0.2) is 33.5 Å². The van der Waals surface area contributed by atoms with Crippen LogP contribution in [0.4, 0.5) is 0 Å². The van der Waals surface area contributed by atoms with Crippen molar-refractivity contribution < 1.29 is 14.1 Å². The minimum atomic E-state index is -0.522. The lowest BCUT2D eigenvalue weighted by atomic mass is 10.2. The SMILES string of the molecule is CCOC(=O)c1nocc1CCn1c(SC)ncc(C)c1=O. The molecule has 0 bridgehead atoms. The van der Waals surface area contributed by atoms with Crippen molar-refractivity contribution in [3.63, 3.8) is 0 Å². The summed E-state index contributed by atoms with van der Waals surface area (Å²) in [6.07, 6.45) is 5.25. The van der Waals surface area contributed by atoms with E-state index in [9.17, 15) is 9.59 Å². The molecular formula is C14H17N3O4S. The second-order valence-corrected chi connectivity index (χ2v) is 5.32. The fraction of sp³-hybridized carbons (Fsp3) is 0.429. The first-order chi connectivity index (χ1) is 10.6. The molecule has 0 amide bonds. The smallest absolute Gasteiger partial charge is 0.360 e. The zero-order valence-electron chi connectivity index (χ0n) is 12.7. The van der Waals surface area contributed by atoms with Gasteiger partial charge in [0.1, 0.15) is 6.26 Å². The zero-order valence-corrected chi connectivity index (χ0v) is 13.5. The number of nitrogens with zero attached hydrogens (tertiary/aromatic N) is 3. The van der Waals surface area contributed by atoms with E-state index in [1.807, 2.05) is 6.26 Å². The van der Waals surface area contributed by atoms with E-state index in [2.05, 4.69) is 10.1 Å². The lowest BCUT2D eigenvalue weighted by Gasteiger charge is -2.10. The Hall–Kier alpha value is -2.09. The summed E-state index contributed by atoms with van der Waals surface area (Å²) in [7, 11) is 0. The molecule has 0 saturated heterocycles. The molecular weight excluding hydrogens is 306 g/mol. The van der Waals surface area contributed by atoms with Gasteiger partial charge in [0.15, 0.2) is 10.9 Å². The number of hydrogen-bond acceptors (Lipinski definition) is 7. The molecule has 0 spiro atoms. The molecule has 2 rings (SSSR count). The van der Waals surface area contributed by atoms with Gasteiger partial charge in [-0.05, 0) is 26.5 Å². The first-order valence-corrected chi connectivity index (χ1v) is 8.01. The molecule has 0 fully saturated rings. The maximum absolute atomic E-state index is 12.2. The molecule has 0 atom stereocenters. The van der Waals surface area contributed by atoms with Crippen LogP contribution in [0.15, 0.2) is 26.9 Å². The van der Waals surface area contributed by atoms with Gasteiger partial charge in [-0.2, -0.15) is 0 Å². The number of carbonyl (C=O) groups excluding carboxylic acids is 1. The lowest BCUT2D eigenvalue weighted by Crippen LogP contribution is -2.25. The summed E-state index contributed by atoms with van der Waals surface area (Å²) in [5, 5.41) is 4.30. The molecule has 0 aliphatic carbocycles. The first kappa shape index (κ1) is 16.3. The molecule has 2 aromatic heterocycles. The minimum absolute atomic E-state index is 0.0894. The average molecular weight is 323 g/mol. The summed E-state index contributed by atoms with van der Waals surface area (Å²) in [4.78, 5) is 28.2. The van der Waals surface area contributed by atoms with Crippen LogP contribution >= 0.6 is 11.8 Å². The number of esters is 1. The van der Waals surface area contributed by atoms with Gasteiger partial charge in [0.25, 0.3) is 5.56 Å². The topological polar surface area (TPSA) is 87.2 Å². The van der Waals surface area contributed by atoms with Crippen LogP contribution < -0.4 is 5.56 Å². The molecule has 7 nitrogen and oxygen atoms in total. The standard InChI is InChI=1S/C14H17N3O4S/c1-4-20-13(19)11-10(8-21-16-11)5-6-17-12(18)9(2)7-15-14(17)22-3/h7-8H,4-6H2,1-3H3. The van der Waals surface area contributed by atoms with Crippen LogP contribution in [0, 0.1) is 6.92 Å². The highest BCUT2D eigenvalue weighted by Gasteiger charge is 2.18. The van der Waals surface area contributed by atoms with Crippen LogP contribution in [0.1, 0.15) is 28.5 Å². The van der Waals surface area contributed by atoms with E-state index in [0.29, 0.717) is 29.2 Å². The van der Waals surface area contributed by atoms with E-state index >= 15 is 0 Å². The van der Waals surface area contributed by atoms with Crippen molar-refractivity contribution in [1.29, 1.82) is 0 Å². The van der Waals surface area contributed by atoms with E-state index in [-0.39, 0.29) is 17.9 Å². The third-order valence-corrected chi connectivity index (χ3v) is 3.77. The van der Waals surface area contributed by atoms with Gasteiger partial charge < -0.3 is 9.26 Å². The highest BCUT2D eigenvalue weighted by atomic mass is 32.2. The van der Waals surface area contributed by atoms with Gasteiger partial charge in [-0.25, -0.2) is 9.78 Å². The Morgan fingerprint density at radius 1 is 1.50 bits per heavy atom. The summed E-state index contributed by atoms with van der Waals surface area (Å²) < 4.78 is 11.4. The normalized spacial score (nSPS) is 10.7. The lowest BCUT2D eigenvalue weighted by molar-refractivity contribution is 0.0513. The molecule has 0 N–H and O–H groups in total. The predicted octanol–water partition coefficient (Wildman–Crippen LogP) is 1.68. The number of hydrogen-bond donors (Lipinski definition) is 0. The van der Waals surface area contributed by atoms with Crippen molar-refractivity contribution in [3.05, 3.63) is 39.6 Å². The number of aromatic nitrogens is 3. The molecule has 118 valence electrons. The van der Waals surface area contributed by atoms with Crippen LogP contribution in [-0.2, 0) is 17.7 Å². The molecule has 2 heterocycles. The van der Waals surface area contributed by atoms with Crippen molar-refractivity contribution in [3.8, 4) is 0 Å². The first-order valence-electron chi connectivity index (χ1n) is 6.79. The van der Waals surface area contributed by atoms with Crippen LogP contribution in [0.3, 0.4) is 0 Å². The van der Waals surface area contributed by atoms with Crippen LogP contribution in [0.5, 0.6) is 0 Å². The molecule has 0 radical (unpaired) electrons. The fourth-order valence-electron chi connectivity index (χ4n) is 1.97. The molecule has 8 heteroatoms. The Bertz CT molecular complexity index is 723. The second-order valence-electron chi connectivity index (χ2n) is 4.54. The van der Waals surface area contributed by atoms with Gasteiger partial charge in [-0.3, -0.25) is 9.36 Å². The van der Waals surface area contributed by atoms with Gasteiger partial charge in [-0.1, -0.05) is 16.9 Å². The third kappa shape index (κ3) is 3.38. The Labute approximate surface area is 131 Å². The maximum Gasteiger partial charge on any atom is 0.360 e. The van der Waals surface area contributed by atoms with E-state index < -0.39 is 5.97 Å². The van der Waals surface area contributed by atoms with E-state index in [4.69, 9.17) is 9.26 Å². The fourth-order valence-corrected chi connectivity index (χ4v) is 2.52. The molecule has 22 heavy (non-hydrogen) atoms. The van der Waals surface area contributed by atoms with Crippen molar-refractivity contribution in [2.45, 2.75) is 32.0 Å². The zero-order chi connectivity index (χ0) is 16.1. The molecule has 0 unspecified atom stereocenters. The monoisotopic (exact) mass is 323 g/mol. The predicted molar refractivity (Wildman–Crippen MR) is 81.2 cm³/mol. The summed E-state index contributed by atoms with van der Waals surface area (Å²) in [6, 6.07) is 0. The van der Waals surface area contributed by atoms with E-state index in [1.54, 1.807) is 24.6 Å². The van der Waals surface area contributed by atoms with Crippen molar-refractivity contribution in [1.82, 2.24) is 14.7 Å². The van der Waals surface area contributed by atoms with Gasteiger partial charge in [0, 0.05) is 23.9 Å². The van der Waals surface area contributed by atoms with Crippen LogP contribution in [0.2, 0.25) is 0 Å². The van der Waals surface area contributed by atoms with E-state index in [0.717, 1.165) is 0 Å². The summed E-state index contributed by atoms with van der Waals surface area (Å²) in [6.45, 7) is 4.10. The number of rotatable bonds is 6. The number of aryl methyl sites for hydroxylation is 2. The highest BCUT2D eigenvalue weighted by molar-refractivity contribution is 7.98. The number of thioether (sulfide) groups is 1. The van der Waals surface area contributed by atoms with Crippen molar-refractivity contribution in [2.75, 3.05) is 12.9 Å². The highest BCUT2D eigenvalue weighted by Crippen LogP contribution is 2.13. The largest absolute Gasteiger partial charge is 0.461 e. The second kappa shape index (κ2) is 7.26. The minimum Gasteiger partial charge on any atom is -0.461 e. The molecule has 0 aliphatic rings. The van der Waals surface area contributed by atoms with Crippen molar-refractivity contribution >= 4 is 17.7 Å². The van der Waals surface area contributed by atoms with Gasteiger partial charge in [-0.15, -0.1) is 0 Å². The van der Waals surface area contributed by atoms with Crippen LogP contribution in [0.25, 0.3) is 0 Å². The van der Waals surface area contributed by atoms with Gasteiger partial charge in [0.05, 0.1) is 6.61 Å². The Morgan fingerprint density at radius 2 is 2.27 bits per heavy atom. The average Bonchev–Trinajstić information content (AvgIpc) is 2.97. The van der Waals surface area contributed by atoms with E-state index in [1.165, 1.54) is 18.0 Å². The molecule has 0 aromatic carbocycles. The van der Waals surface area contributed by atoms with Gasteiger partial charge in [0.2, 0.25) is 0 Å². The molecule has 2 aromatic rings. The Morgan fingerprint density at radius 3 is 2.95 bits per heavy atom. The summed E-state index contributed by atoms with van der Waals surface area (Å²) in [5.74, 6) is -0.522. The molecule has 0 saturated carbocycles. The third-order valence-electron chi connectivity index (χ3n) is 3.08. The Kier molecular flexibility index (Phi) is 5.37.